The molecule has 1 aromatic rings. The summed E-state index contributed by atoms with van der Waals surface area (Å²) >= 11 is 0. The van der Waals surface area contributed by atoms with Gasteiger partial charge in [-0.2, -0.15) is 4.31 Å². The van der Waals surface area contributed by atoms with Crippen LogP contribution in [0.25, 0.3) is 5.57 Å². The summed E-state index contributed by atoms with van der Waals surface area (Å²) in [5.74, 6) is 1.54. The first kappa shape index (κ1) is 17.0. The Bertz CT molecular complexity index is 785. The number of sulfonamides is 1. The van der Waals surface area contributed by atoms with Crippen LogP contribution >= 0.6 is 0 Å². The summed E-state index contributed by atoms with van der Waals surface area (Å²) in [6, 6.07) is 2.14. The molecule has 0 amide bonds. The van der Waals surface area contributed by atoms with Crippen LogP contribution in [-0.2, 0) is 16.4 Å². The zero-order valence-corrected chi connectivity index (χ0v) is 15.4. The van der Waals surface area contributed by atoms with E-state index in [-0.39, 0.29) is 6.10 Å². The van der Waals surface area contributed by atoms with Gasteiger partial charge in [0.1, 0.15) is 11.9 Å². The van der Waals surface area contributed by atoms with Gasteiger partial charge < -0.3 is 10.1 Å². The number of rotatable bonds is 3. The number of pyridine rings is 1. The van der Waals surface area contributed by atoms with Crippen molar-refractivity contribution < 1.29 is 13.2 Å². The molecule has 0 radical (unpaired) electrons. The smallest absolute Gasteiger partial charge is 0.211 e. The van der Waals surface area contributed by atoms with E-state index >= 15 is 0 Å². The number of nitrogens with zero attached hydrogens (tertiary/aromatic N) is 2. The molecule has 0 unspecified atom stereocenters. The van der Waals surface area contributed by atoms with Crippen LogP contribution in [0.2, 0.25) is 0 Å². The number of hydrogen-bond donors (Lipinski definition) is 1. The van der Waals surface area contributed by atoms with Gasteiger partial charge in [0.05, 0.1) is 18.1 Å². The molecule has 1 saturated heterocycles. The van der Waals surface area contributed by atoms with Gasteiger partial charge in [0.15, 0.2) is 0 Å². The molecule has 1 atom stereocenters. The molecule has 3 aliphatic heterocycles. The summed E-state index contributed by atoms with van der Waals surface area (Å²) in [5, 5.41) is 3.40. The quantitative estimate of drug-likeness (QED) is 0.880. The Hall–Kier alpha value is -1.44. The number of nitrogens with one attached hydrogen (secondary N) is 1. The van der Waals surface area contributed by atoms with Crippen LogP contribution in [0, 0.1) is 5.92 Å². The molecule has 3 aliphatic rings. The summed E-state index contributed by atoms with van der Waals surface area (Å²) in [6.45, 7) is 3.11. The summed E-state index contributed by atoms with van der Waals surface area (Å²) in [5.41, 5.74) is 3.33. The molecule has 0 aliphatic carbocycles. The van der Waals surface area contributed by atoms with Crippen LogP contribution < -0.4 is 10.1 Å². The van der Waals surface area contributed by atoms with Crippen molar-refractivity contribution in [2.24, 2.45) is 5.92 Å². The molecule has 7 heteroatoms. The first-order chi connectivity index (χ1) is 12.0. The maximum absolute atomic E-state index is 11.6. The summed E-state index contributed by atoms with van der Waals surface area (Å²) < 4.78 is 30.9. The molecule has 4 rings (SSSR count). The van der Waals surface area contributed by atoms with Crippen LogP contribution in [0.3, 0.4) is 0 Å². The lowest BCUT2D eigenvalue weighted by atomic mass is 9.89. The highest BCUT2D eigenvalue weighted by Gasteiger charge is 2.32. The lowest BCUT2D eigenvalue weighted by Gasteiger charge is -2.27. The van der Waals surface area contributed by atoms with Crippen molar-refractivity contribution in [2.75, 3.05) is 32.4 Å². The van der Waals surface area contributed by atoms with Crippen LogP contribution in [0.15, 0.2) is 18.3 Å². The van der Waals surface area contributed by atoms with Crippen LogP contribution in [-0.4, -0.2) is 56.2 Å². The molecule has 0 aromatic carbocycles. The average molecular weight is 363 g/mol. The number of ether oxygens (including phenoxy) is 1. The van der Waals surface area contributed by atoms with Crippen LogP contribution in [0.4, 0.5) is 0 Å². The number of aromatic nitrogens is 1. The van der Waals surface area contributed by atoms with Gasteiger partial charge in [-0.25, -0.2) is 8.42 Å². The maximum atomic E-state index is 11.6. The van der Waals surface area contributed by atoms with Gasteiger partial charge in [-0.3, -0.25) is 4.98 Å². The standard InChI is InChI=1S/C18H25N3O3S/c1-25(22,23)21-8-4-13(5-9-21)16-10-15-11-17(24-18(15)12-20-16)14-2-6-19-7-3-14/h4,10,12,14,17,19H,2-3,5-9,11H2,1H3/t17-/m1/s1. The van der Waals surface area contributed by atoms with Gasteiger partial charge in [0.2, 0.25) is 10.0 Å². The van der Waals surface area contributed by atoms with Gasteiger partial charge >= 0.3 is 0 Å². The van der Waals surface area contributed by atoms with Crippen molar-refractivity contribution in [3.63, 3.8) is 0 Å². The summed E-state index contributed by atoms with van der Waals surface area (Å²) in [4.78, 5) is 4.57. The molecule has 0 saturated carbocycles. The highest BCUT2D eigenvalue weighted by atomic mass is 32.2. The second-order valence-electron chi connectivity index (χ2n) is 7.23. The Kier molecular flexibility index (Phi) is 4.56. The van der Waals surface area contributed by atoms with E-state index in [0.29, 0.717) is 25.4 Å². The number of hydrogen-bond acceptors (Lipinski definition) is 5. The van der Waals surface area contributed by atoms with E-state index in [1.807, 2.05) is 12.3 Å². The third-order valence-electron chi connectivity index (χ3n) is 5.53. The zero-order valence-electron chi connectivity index (χ0n) is 14.6. The molecule has 25 heavy (non-hydrogen) atoms. The first-order valence-electron chi connectivity index (χ1n) is 9.01. The average Bonchev–Trinajstić information content (AvgIpc) is 3.05. The molecular formula is C18H25N3O3S. The monoisotopic (exact) mass is 363 g/mol. The SMILES string of the molecule is CS(=O)(=O)N1CC=C(c2cc3c(cn2)O[C@@H](C2CCNCC2)C3)CC1. The minimum absolute atomic E-state index is 0.273. The van der Waals surface area contributed by atoms with E-state index in [0.717, 1.165) is 36.5 Å². The van der Waals surface area contributed by atoms with Crippen molar-refractivity contribution in [1.29, 1.82) is 0 Å². The van der Waals surface area contributed by atoms with E-state index in [9.17, 15) is 8.42 Å². The second kappa shape index (κ2) is 6.70. The Morgan fingerprint density at radius 3 is 2.80 bits per heavy atom. The molecule has 136 valence electrons. The molecule has 1 aromatic heterocycles. The van der Waals surface area contributed by atoms with Crippen molar-refractivity contribution in [2.45, 2.75) is 31.8 Å². The Balaban J connectivity index is 1.47. The highest BCUT2D eigenvalue weighted by molar-refractivity contribution is 7.88. The topological polar surface area (TPSA) is 71.5 Å². The van der Waals surface area contributed by atoms with E-state index in [2.05, 4.69) is 16.4 Å². The molecule has 4 heterocycles. The predicted octanol–water partition coefficient (Wildman–Crippen LogP) is 1.43. The highest BCUT2D eigenvalue weighted by Crippen LogP contribution is 2.35. The Labute approximate surface area is 149 Å². The fraction of sp³-hybridized carbons (Fsp3) is 0.611. The van der Waals surface area contributed by atoms with Gasteiger partial charge in [-0.1, -0.05) is 6.08 Å². The van der Waals surface area contributed by atoms with E-state index in [4.69, 9.17) is 4.74 Å². The van der Waals surface area contributed by atoms with Gasteiger partial charge in [-0.05, 0) is 49.9 Å². The molecule has 1 fully saturated rings. The number of fused-ring (bicyclic) bond motifs is 1. The first-order valence-corrected chi connectivity index (χ1v) is 10.9. The second-order valence-corrected chi connectivity index (χ2v) is 9.21. The molecule has 0 spiro atoms. The van der Waals surface area contributed by atoms with Crippen LogP contribution in [0.5, 0.6) is 5.75 Å². The van der Waals surface area contributed by atoms with Gasteiger partial charge in [-0.15, -0.1) is 0 Å². The van der Waals surface area contributed by atoms with Crippen molar-refractivity contribution >= 4 is 15.6 Å². The minimum atomic E-state index is -3.12. The fourth-order valence-corrected chi connectivity index (χ4v) is 4.78. The largest absolute Gasteiger partial charge is 0.488 e. The molecular weight excluding hydrogens is 338 g/mol. The van der Waals surface area contributed by atoms with Crippen molar-refractivity contribution in [1.82, 2.24) is 14.6 Å². The van der Waals surface area contributed by atoms with Gasteiger partial charge in [0.25, 0.3) is 0 Å². The Morgan fingerprint density at radius 2 is 2.12 bits per heavy atom. The van der Waals surface area contributed by atoms with Crippen molar-refractivity contribution in [3.05, 3.63) is 29.6 Å². The summed E-state index contributed by atoms with van der Waals surface area (Å²) in [6.07, 6.45) is 9.37. The van der Waals surface area contributed by atoms with E-state index in [1.54, 1.807) is 0 Å². The normalized spacial score (nSPS) is 25.3. The molecule has 6 nitrogen and oxygen atoms in total. The molecule has 0 bridgehead atoms. The summed E-state index contributed by atoms with van der Waals surface area (Å²) in [7, 11) is -3.12. The fourth-order valence-electron chi connectivity index (χ4n) is 4.01. The van der Waals surface area contributed by atoms with Gasteiger partial charge in [0, 0.05) is 25.1 Å². The van der Waals surface area contributed by atoms with Crippen LogP contribution in [0.1, 0.15) is 30.5 Å². The maximum Gasteiger partial charge on any atom is 0.211 e. The van der Waals surface area contributed by atoms with E-state index in [1.165, 1.54) is 29.0 Å². The van der Waals surface area contributed by atoms with E-state index < -0.39 is 10.0 Å². The number of piperidine rings is 1. The third-order valence-corrected chi connectivity index (χ3v) is 6.80. The third kappa shape index (κ3) is 3.59. The van der Waals surface area contributed by atoms with Crippen molar-refractivity contribution in [3.8, 4) is 5.75 Å². The predicted molar refractivity (Wildman–Crippen MR) is 97.0 cm³/mol. The lowest BCUT2D eigenvalue weighted by molar-refractivity contribution is 0.133. The lowest BCUT2D eigenvalue weighted by Crippen LogP contribution is -2.36. The Morgan fingerprint density at radius 1 is 1.32 bits per heavy atom. The zero-order chi connectivity index (χ0) is 17.4. The molecule has 1 N–H and O–H groups in total. The minimum Gasteiger partial charge on any atom is -0.488 e.